The summed E-state index contributed by atoms with van der Waals surface area (Å²) in [6.45, 7) is 3.52. The molecule has 0 aliphatic carbocycles. The van der Waals surface area contributed by atoms with Gasteiger partial charge in [0.1, 0.15) is 6.10 Å². The number of halogens is 2. The molecule has 0 N–H and O–H groups in total. The lowest BCUT2D eigenvalue weighted by molar-refractivity contribution is -0.146. The number of alkyl halides is 2. The van der Waals surface area contributed by atoms with E-state index in [-0.39, 0.29) is 6.10 Å². The zero-order chi connectivity index (χ0) is 8.65. The molecule has 11 heavy (non-hydrogen) atoms. The maximum absolute atomic E-state index is 13.3. The van der Waals surface area contributed by atoms with E-state index < -0.39 is 16.5 Å². The third-order valence-electron chi connectivity index (χ3n) is 2.06. The van der Waals surface area contributed by atoms with Gasteiger partial charge in [-0.1, -0.05) is 13.8 Å². The van der Waals surface area contributed by atoms with Crippen LogP contribution >= 0.6 is 15.9 Å². The molecule has 1 fully saturated rings. The second-order valence-electron chi connectivity index (χ2n) is 2.76. The van der Waals surface area contributed by atoms with Gasteiger partial charge in [0.25, 0.3) is 4.58 Å². The number of hydrogen-bond donors (Lipinski definition) is 0. The molecule has 0 aromatic carbocycles. The molecule has 1 heterocycles. The summed E-state index contributed by atoms with van der Waals surface area (Å²) >= 11 is 2.71. The van der Waals surface area contributed by atoms with Crippen LogP contribution in [0.3, 0.4) is 0 Å². The van der Waals surface area contributed by atoms with E-state index in [1.807, 2.05) is 6.92 Å². The van der Waals surface area contributed by atoms with Gasteiger partial charge >= 0.3 is 5.97 Å². The van der Waals surface area contributed by atoms with Crippen molar-refractivity contribution >= 4 is 21.9 Å². The average molecular weight is 225 g/mol. The Labute approximate surface area is 73.2 Å². The summed E-state index contributed by atoms with van der Waals surface area (Å²) in [6, 6.07) is 0. The van der Waals surface area contributed by atoms with Crippen LogP contribution in [-0.2, 0) is 9.53 Å². The van der Waals surface area contributed by atoms with Gasteiger partial charge in [-0.15, -0.1) is 0 Å². The van der Waals surface area contributed by atoms with Crippen molar-refractivity contribution in [1.82, 2.24) is 0 Å². The number of hydrogen-bond acceptors (Lipinski definition) is 2. The summed E-state index contributed by atoms with van der Waals surface area (Å²) in [5.74, 6) is -1.20. The van der Waals surface area contributed by atoms with E-state index >= 15 is 0 Å². The van der Waals surface area contributed by atoms with Crippen molar-refractivity contribution in [2.45, 2.75) is 31.0 Å². The Morgan fingerprint density at radius 1 is 1.82 bits per heavy atom. The molecular weight excluding hydrogens is 215 g/mol. The topological polar surface area (TPSA) is 26.3 Å². The van der Waals surface area contributed by atoms with Crippen LogP contribution in [0.2, 0.25) is 0 Å². The van der Waals surface area contributed by atoms with Gasteiger partial charge in [0.2, 0.25) is 0 Å². The van der Waals surface area contributed by atoms with Crippen molar-refractivity contribution in [2.24, 2.45) is 5.92 Å². The number of cyclic esters (lactones) is 1. The van der Waals surface area contributed by atoms with Crippen LogP contribution in [0.15, 0.2) is 0 Å². The predicted molar refractivity (Wildman–Crippen MR) is 42.1 cm³/mol. The van der Waals surface area contributed by atoms with Crippen molar-refractivity contribution in [3.8, 4) is 0 Å². The molecule has 0 bridgehead atoms. The summed E-state index contributed by atoms with van der Waals surface area (Å²) in [4.78, 5) is 10.8. The molecule has 0 saturated carbocycles. The Balaban J connectivity index is 2.80. The van der Waals surface area contributed by atoms with Gasteiger partial charge in [0.15, 0.2) is 0 Å². The van der Waals surface area contributed by atoms with E-state index in [1.165, 1.54) is 0 Å². The molecule has 3 atom stereocenters. The summed E-state index contributed by atoms with van der Waals surface area (Å²) in [5, 5.41) is 0. The second kappa shape index (κ2) is 2.73. The van der Waals surface area contributed by atoms with E-state index in [4.69, 9.17) is 4.74 Å². The Morgan fingerprint density at radius 2 is 2.36 bits per heavy atom. The highest BCUT2D eigenvalue weighted by Gasteiger charge is 2.53. The Morgan fingerprint density at radius 3 is 2.55 bits per heavy atom. The molecule has 2 nitrogen and oxygen atoms in total. The van der Waals surface area contributed by atoms with Crippen molar-refractivity contribution in [3.05, 3.63) is 0 Å². The van der Waals surface area contributed by atoms with E-state index in [1.54, 1.807) is 6.92 Å². The van der Waals surface area contributed by atoms with Crippen molar-refractivity contribution in [2.75, 3.05) is 0 Å². The fraction of sp³-hybridized carbons (Fsp3) is 0.857. The highest BCUT2D eigenvalue weighted by atomic mass is 79.9. The van der Waals surface area contributed by atoms with Gasteiger partial charge in [0, 0.05) is 5.92 Å². The standard InChI is InChI=1S/C7H10BrFO2/c1-3-5-4(2)7(8,9)6(10)11-5/h4-5H,3H2,1-2H3/t4-,5+,7+/m0/s1. The molecule has 0 aromatic rings. The van der Waals surface area contributed by atoms with Crippen LogP contribution in [0.5, 0.6) is 0 Å². The molecule has 0 spiro atoms. The van der Waals surface area contributed by atoms with E-state index in [0.717, 1.165) is 0 Å². The van der Waals surface area contributed by atoms with Gasteiger partial charge in [-0.05, 0) is 22.4 Å². The van der Waals surface area contributed by atoms with Crippen molar-refractivity contribution in [3.63, 3.8) is 0 Å². The zero-order valence-electron chi connectivity index (χ0n) is 6.43. The summed E-state index contributed by atoms with van der Waals surface area (Å²) < 4.78 is 16.1. The molecule has 0 amide bonds. The molecule has 1 aliphatic heterocycles. The smallest absolute Gasteiger partial charge is 0.355 e. The molecule has 0 unspecified atom stereocenters. The van der Waals surface area contributed by atoms with Crippen LogP contribution in [0.4, 0.5) is 4.39 Å². The third kappa shape index (κ3) is 1.28. The first-order valence-electron chi connectivity index (χ1n) is 3.59. The molecule has 0 aromatic heterocycles. The van der Waals surface area contributed by atoms with Gasteiger partial charge in [0.05, 0.1) is 0 Å². The lowest BCUT2D eigenvalue weighted by Gasteiger charge is -2.14. The number of ether oxygens (including phenoxy) is 1. The molecular formula is C7H10BrFO2. The first-order valence-corrected chi connectivity index (χ1v) is 4.38. The minimum atomic E-state index is -1.96. The summed E-state index contributed by atoms with van der Waals surface area (Å²) in [5.41, 5.74) is 0. The van der Waals surface area contributed by atoms with E-state index in [2.05, 4.69) is 15.9 Å². The van der Waals surface area contributed by atoms with Crippen LogP contribution < -0.4 is 0 Å². The maximum atomic E-state index is 13.3. The van der Waals surface area contributed by atoms with Crippen LogP contribution in [-0.4, -0.2) is 16.7 Å². The molecule has 1 aliphatic rings. The number of carbonyl (C=O) groups excluding carboxylic acids is 1. The van der Waals surface area contributed by atoms with Crippen molar-refractivity contribution in [1.29, 1.82) is 0 Å². The Bertz CT molecular complexity index is 181. The number of rotatable bonds is 1. The molecule has 4 heteroatoms. The largest absolute Gasteiger partial charge is 0.459 e. The van der Waals surface area contributed by atoms with Gasteiger partial charge < -0.3 is 4.74 Å². The Kier molecular flexibility index (Phi) is 2.23. The number of esters is 1. The first kappa shape index (κ1) is 8.97. The fourth-order valence-corrected chi connectivity index (χ4v) is 1.56. The zero-order valence-corrected chi connectivity index (χ0v) is 8.02. The minimum Gasteiger partial charge on any atom is -0.459 e. The average Bonchev–Trinajstić information content (AvgIpc) is 2.14. The van der Waals surface area contributed by atoms with Crippen LogP contribution in [0, 0.1) is 5.92 Å². The van der Waals surface area contributed by atoms with Crippen molar-refractivity contribution < 1.29 is 13.9 Å². The second-order valence-corrected chi connectivity index (χ2v) is 3.92. The normalized spacial score (nSPS) is 44.2. The molecule has 64 valence electrons. The monoisotopic (exact) mass is 224 g/mol. The van der Waals surface area contributed by atoms with Gasteiger partial charge in [-0.25, -0.2) is 9.18 Å². The van der Waals surface area contributed by atoms with Gasteiger partial charge in [-0.3, -0.25) is 0 Å². The highest BCUT2D eigenvalue weighted by molar-refractivity contribution is 9.10. The van der Waals surface area contributed by atoms with E-state index in [0.29, 0.717) is 6.42 Å². The minimum absolute atomic E-state index is 0.285. The van der Waals surface area contributed by atoms with E-state index in [9.17, 15) is 9.18 Å². The maximum Gasteiger partial charge on any atom is 0.355 e. The Hall–Kier alpha value is -0.120. The van der Waals surface area contributed by atoms with Crippen LogP contribution in [0.1, 0.15) is 20.3 Å². The fourth-order valence-electron chi connectivity index (χ4n) is 1.17. The lowest BCUT2D eigenvalue weighted by Crippen LogP contribution is -2.28. The molecule has 1 rings (SSSR count). The molecule has 1 saturated heterocycles. The highest BCUT2D eigenvalue weighted by Crippen LogP contribution is 2.41. The third-order valence-corrected chi connectivity index (χ3v) is 3.11. The SMILES string of the molecule is CC[C@H]1OC(=O)[C@@](F)(Br)[C@H]1C. The molecule has 0 radical (unpaired) electrons. The summed E-state index contributed by atoms with van der Waals surface area (Å²) in [6.07, 6.45) is 0.372. The first-order chi connectivity index (χ1) is 5.00. The quantitative estimate of drug-likeness (QED) is 0.504. The predicted octanol–water partition coefficient (Wildman–Crippen LogP) is 2.02. The van der Waals surface area contributed by atoms with Gasteiger partial charge in [-0.2, -0.15) is 0 Å². The number of carbonyl (C=O) groups is 1. The van der Waals surface area contributed by atoms with Crippen LogP contribution in [0.25, 0.3) is 0 Å². The summed E-state index contributed by atoms with van der Waals surface area (Å²) in [7, 11) is 0. The lowest BCUT2D eigenvalue weighted by atomic mass is 10.0.